The second kappa shape index (κ2) is 12.1. The zero-order chi connectivity index (χ0) is 26.5. The molecule has 3 heterocycles. The fourth-order valence-electron chi connectivity index (χ4n) is 5.92. The average molecular weight is 517 g/mol. The molecule has 0 spiro atoms. The molecule has 3 aliphatic heterocycles. The third-order valence-corrected chi connectivity index (χ3v) is 7.90. The van der Waals surface area contributed by atoms with Crippen LogP contribution in [-0.2, 0) is 11.2 Å². The molecule has 0 saturated carbocycles. The average Bonchev–Trinajstić information content (AvgIpc) is 2.90. The summed E-state index contributed by atoms with van der Waals surface area (Å²) in [7, 11) is 1.59. The molecular formula is C27H40F2N7O+. The van der Waals surface area contributed by atoms with E-state index in [0.717, 1.165) is 50.8 Å². The van der Waals surface area contributed by atoms with Crippen molar-refractivity contribution >= 4 is 29.2 Å². The quantitative estimate of drug-likeness (QED) is 0.263. The summed E-state index contributed by atoms with van der Waals surface area (Å²) < 4.78 is 30.5. The van der Waals surface area contributed by atoms with E-state index in [1.165, 1.54) is 12.4 Å². The molecule has 3 aliphatic rings. The van der Waals surface area contributed by atoms with Gasteiger partial charge in [-0.05, 0) is 68.5 Å². The first-order valence-corrected chi connectivity index (χ1v) is 13.3. The van der Waals surface area contributed by atoms with Gasteiger partial charge in [0.2, 0.25) is 5.91 Å². The molecule has 0 aliphatic carbocycles. The number of aryl methyl sites for hydroxylation is 1. The van der Waals surface area contributed by atoms with Gasteiger partial charge < -0.3 is 21.3 Å². The number of piperidine rings is 2. The number of nitrogens with zero attached hydrogens (tertiary/aromatic N) is 3. The van der Waals surface area contributed by atoms with E-state index in [1.807, 2.05) is 15.5 Å². The summed E-state index contributed by atoms with van der Waals surface area (Å²) in [5.74, 6) is 0.552. The maximum Gasteiger partial charge on any atom is 0.264 e. The third-order valence-electron chi connectivity index (χ3n) is 7.90. The van der Waals surface area contributed by atoms with Gasteiger partial charge in [-0.2, -0.15) is 0 Å². The Hall–Kier alpha value is -2.85. The van der Waals surface area contributed by atoms with Gasteiger partial charge in [0, 0.05) is 62.7 Å². The van der Waals surface area contributed by atoms with Crippen LogP contribution in [0.5, 0.6) is 0 Å². The Morgan fingerprint density at radius 3 is 2.70 bits per heavy atom. The Balaban J connectivity index is 1.75. The van der Waals surface area contributed by atoms with Crippen molar-refractivity contribution in [3.63, 3.8) is 0 Å². The van der Waals surface area contributed by atoms with Gasteiger partial charge in [0.25, 0.3) is 12.3 Å². The molecule has 8 nitrogen and oxygen atoms in total. The van der Waals surface area contributed by atoms with Crippen molar-refractivity contribution in [2.45, 2.75) is 57.5 Å². The fraction of sp³-hybridized carbons (Fsp3) is 0.593. The smallest absolute Gasteiger partial charge is 0.264 e. The predicted octanol–water partition coefficient (Wildman–Crippen LogP) is 2.15. The molecule has 2 atom stereocenters. The summed E-state index contributed by atoms with van der Waals surface area (Å²) in [6, 6.07) is 3.89. The predicted molar refractivity (Wildman–Crippen MR) is 143 cm³/mol. The van der Waals surface area contributed by atoms with Crippen molar-refractivity contribution in [3.05, 3.63) is 35.0 Å². The fourth-order valence-corrected chi connectivity index (χ4v) is 5.92. The minimum atomic E-state index is -2.68. The van der Waals surface area contributed by atoms with Gasteiger partial charge in [-0.15, -0.1) is 0 Å². The lowest BCUT2D eigenvalue weighted by Gasteiger charge is -2.40. The van der Waals surface area contributed by atoms with E-state index in [-0.39, 0.29) is 23.4 Å². The Labute approximate surface area is 217 Å². The largest absolute Gasteiger partial charge is 0.404 e. The van der Waals surface area contributed by atoms with E-state index in [4.69, 9.17) is 11.5 Å². The summed E-state index contributed by atoms with van der Waals surface area (Å²) in [5, 5.41) is 7.22. The van der Waals surface area contributed by atoms with Crippen molar-refractivity contribution in [1.29, 1.82) is 0 Å². The van der Waals surface area contributed by atoms with Crippen LogP contribution in [0.3, 0.4) is 0 Å². The van der Waals surface area contributed by atoms with Crippen LogP contribution in [0.2, 0.25) is 0 Å². The zero-order valence-electron chi connectivity index (χ0n) is 21.9. The molecule has 37 heavy (non-hydrogen) atoms. The highest BCUT2D eigenvalue weighted by Crippen LogP contribution is 2.36. The van der Waals surface area contributed by atoms with Crippen LogP contribution in [0.25, 0.3) is 5.57 Å². The van der Waals surface area contributed by atoms with Gasteiger partial charge in [0.15, 0.2) is 0 Å². The number of halogens is 2. The molecule has 1 amide bonds. The van der Waals surface area contributed by atoms with Crippen LogP contribution >= 0.6 is 0 Å². The summed E-state index contributed by atoms with van der Waals surface area (Å²) in [6.45, 7) is 5.39. The van der Waals surface area contributed by atoms with Gasteiger partial charge in [-0.3, -0.25) is 15.5 Å². The van der Waals surface area contributed by atoms with Gasteiger partial charge in [-0.1, -0.05) is 0 Å². The second-order valence-corrected chi connectivity index (χ2v) is 10.2. The van der Waals surface area contributed by atoms with Crippen molar-refractivity contribution < 1.29 is 18.2 Å². The molecule has 1 aromatic rings. The van der Waals surface area contributed by atoms with E-state index in [0.29, 0.717) is 48.3 Å². The summed E-state index contributed by atoms with van der Waals surface area (Å²) >= 11 is 0. The molecular weight excluding hydrogens is 476 g/mol. The first-order valence-electron chi connectivity index (χ1n) is 13.3. The first-order chi connectivity index (χ1) is 17.8. The monoisotopic (exact) mass is 516 g/mol. The number of benzene rings is 1. The number of likely N-dealkylation sites (tertiary alicyclic amines) is 1. The van der Waals surface area contributed by atoms with Crippen LogP contribution in [0.1, 0.15) is 55.7 Å². The number of allylic oxidation sites excluding steroid dienone is 1. The Bertz CT molecular complexity index is 1080. The van der Waals surface area contributed by atoms with Crippen LogP contribution in [0, 0.1) is 5.92 Å². The highest BCUT2D eigenvalue weighted by molar-refractivity contribution is 6.10. The second-order valence-electron chi connectivity index (χ2n) is 10.2. The maximum atomic E-state index is 14.3. The van der Waals surface area contributed by atoms with Crippen LogP contribution in [-0.4, -0.2) is 79.3 Å². The number of hydrogen-bond acceptors (Lipinski definition) is 5. The van der Waals surface area contributed by atoms with Gasteiger partial charge >= 0.3 is 0 Å². The summed E-state index contributed by atoms with van der Waals surface area (Å²) in [4.78, 5) is 18.1. The molecule has 202 valence electrons. The highest BCUT2D eigenvalue weighted by Gasteiger charge is 2.39. The minimum absolute atomic E-state index is 0.0282. The molecule has 10 heteroatoms. The number of aliphatic imine (C=N–C) groups is 1. The maximum absolute atomic E-state index is 14.3. The zero-order valence-corrected chi connectivity index (χ0v) is 21.9. The number of nitrogens with one attached hydrogen (secondary N) is 2. The number of nitrogens with two attached hydrogens (primary N) is 2. The van der Waals surface area contributed by atoms with Crippen LogP contribution < -0.4 is 22.1 Å². The van der Waals surface area contributed by atoms with E-state index >= 15 is 0 Å². The Kier molecular flexibility index (Phi) is 8.91. The Morgan fingerprint density at radius 1 is 1.30 bits per heavy atom. The van der Waals surface area contributed by atoms with Gasteiger partial charge in [0.1, 0.15) is 5.69 Å². The molecule has 0 bridgehead atoms. The van der Waals surface area contributed by atoms with Gasteiger partial charge in [-0.25, -0.2) is 13.4 Å². The highest BCUT2D eigenvalue weighted by atomic mass is 19.3. The lowest BCUT2D eigenvalue weighted by Crippen LogP contribution is -2.59. The minimum Gasteiger partial charge on any atom is -0.404 e. The van der Waals surface area contributed by atoms with Crippen LogP contribution in [0.15, 0.2) is 23.3 Å². The standard InChI is InChI=1S/C27H39F2N7O/c1-17(37)35-11-7-24(34-20-5-8-33-9-6-20)23(16-35)27(31)36-10-3-4-18-12-21(19(14-30)15-32-2)22(26(28)29)13-25(18)36/h12-15,20,23-24,26,31,33-34H,3-11,16H2,1-2H3,(H2,30,32)/p+1. The number of hydrogen-bond donors (Lipinski definition) is 4. The molecule has 0 radical (unpaired) electrons. The molecule has 2 unspecified atom stereocenters. The number of amidine groups is 1. The summed E-state index contributed by atoms with van der Waals surface area (Å²) in [5.41, 5.74) is 15.1. The number of carbonyl (C=O) groups excluding carboxylic acids is 1. The first kappa shape index (κ1) is 27.2. The van der Waals surface area contributed by atoms with Crippen molar-refractivity contribution in [1.82, 2.24) is 15.5 Å². The molecule has 1 aromatic carbocycles. The number of carbonyl (C=O) groups is 1. The Morgan fingerprint density at radius 2 is 2.05 bits per heavy atom. The lowest BCUT2D eigenvalue weighted by molar-refractivity contribution is -0.450. The van der Waals surface area contributed by atoms with Crippen LogP contribution in [0.4, 0.5) is 14.5 Å². The normalized spacial score (nSPS) is 25.0. The molecule has 6 N–H and O–H groups in total. The third kappa shape index (κ3) is 6.01. The molecule has 2 saturated heterocycles. The lowest BCUT2D eigenvalue weighted by atomic mass is 9.88. The summed E-state index contributed by atoms with van der Waals surface area (Å²) in [6.07, 6.45) is 4.65. The van der Waals surface area contributed by atoms with Crippen molar-refractivity contribution in [2.24, 2.45) is 22.4 Å². The number of alkyl halides is 2. The number of fused-ring (bicyclic) bond motifs is 1. The van der Waals surface area contributed by atoms with Gasteiger partial charge in [0.05, 0.1) is 12.5 Å². The number of amides is 1. The topological polar surface area (TPSA) is 112 Å². The SMILES string of the molecule is CN=C/C(=C\N)c1cc2c(cc1C(F)F)[N+](=C(N)C1CN(C(C)=O)CCC1NC1CCNCC1)CCC2. The molecule has 0 aromatic heterocycles. The number of rotatable bonds is 6. The molecule has 4 rings (SSSR count). The van der Waals surface area contributed by atoms with E-state index in [9.17, 15) is 13.6 Å². The van der Waals surface area contributed by atoms with E-state index < -0.39 is 6.43 Å². The van der Waals surface area contributed by atoms with E-state index in [1.54, 1.807) is 20.0 Å². The molecule has 2 fully saturated rings. The van der Waals surface area contributed by atoms with Crippen molar-refractivity contribution in [3.8, 4) is 0 Å². The van der Waals surface area contributed by atoms with E-state index in [2.05, 4.69) is 15.6 Å². The van der Waals surface area contributed by atoms with Crippen molar-refractivity contribution in [2.75, 3.05) is 39.8 Å².